The Kier molecular flexibility index (Phi) is 2.54. The highest BCUT2D eigenvalue weighted by molar-refractivity contribution is 5.83. The first-order valence-corrected chi connectivity index (χ1v) is 7.36. The predicted octanol–water partition coefficient (Wildman–Crippen LogP) is 2.29. The van der Waals surface area contributed by atoms with Gasteiger partial charge in [0.1, 0.15) is 5.75 Å². The fourth-order valence-electron chi connectivity index (χ4n) is 3.12. The Morgan fingerprint density at radius 3 is 2.47 bits per heavy atom. The first-order chi connectivity index (χ1) is 9.31. The van der Waals surface area contributed by atoms with Crippen molar-refractivity contribution in [3.05, 3.63) is 29.8 Å². The van der Waals surface area contributed by atoms with Gasteiger partial charge in [0.25, 0.3) is 5.91 Å². The van der Waals surface area contributed by atoms with Crippen LogP contribution in [0.2, 0.25) is 0 Å². The molecule has 3 aliphatic rings. The second kappa shape index (κ2) is 4.26. The Hall–Kier alpha value is -1.51. The number of hydrogen-bond donors (Lipinski definition) is 1. The minimum absolute atomic E-state index is 0.0833. The van der Waals surface area contributed by atoms with Crippen LogP contribution in [0.4, 0.5) is 0 Å². The molecule has 1 atom stereocenters. The third kappa shape index (κ3) is 2.22. The summed E-state index contributed by atoms with van der Waals surface area (Å²) in [7, 11) is 0. The maximum Gasteiger partial charge on any atom is 0.261 e. The van der Waals surface area contributed by atoms with E-state index in [1.54, 1.807) is 0 Å². The summed E-state index contributed by atoms with van der Waals surface area (Å²) in [4.78, 5) is 12.4. The molecule has 2 fully saturated rings. The van der Waals surface area contributed by atoms with Crippen molar-refractivity contribution in [1.29, 1.82) is 0 Å². The summed E-state index contributed by atoms with van der Waals surface area (Å²) >= 11 is 0. The summed E-state index contributed by atoms with van der Waals surface area (Å²) in [5.41, 5.74) is 1.15. The number of carbonyl (C=O) groups is 1. The highest BCUT2D eigenvalue weighted by atomic mass is 16.5. The van der Waals surface area contributed by atoms with Gasteiger partial charge in [-0.05, 0) is 49.1 Å². The van der Waals surface area contributed by atoms with Gasteiger partial charge < -0.3 is 10.1 Å². The smallest absolute Gasteiger partial charge is 0.261 e. The van der Waals surface area contributed by atoms with Crippen molar-refractivity contribution in [2.75, 3.05) is 0 Å². The Morgan fingerprint density at radius 2 is 1.84 bits per heavy atom. The maximum absolute atomic E-state index is 12.4. The molecule has 2 aliphatic carbocycles. The molecule has 0 radical (unpaired) electrons. The van der Waals surface area contributed by atoms with Gasteiger partial charge in [0.05, 0.1) is 0 Å². The molecule has 0 aromatic heterocycles. The minimum atomic E-state index is -0.322. The van der Waals surface area contributed by atoms with Crippen LogP contribution in [0, 0.1) is 11.8 Å². The van der Waals surface area contributed by atoms with Crippen LogP contribution < -0.4 is 10.1 Å². The molecule has 0 bridgehead atoms. The lowest BCUT2D eigenvalue weighted by Gasteiger charge is -2.20. The van der Waals surface area contributed by atoms with Crippen molar-refractivity contribution < 1.29 is 9.53 Å². The Bertz CT molecular complexity index is 468. The molecule has 1 aromatic carbocycles. The van der Waals surface area contributed by atoms with Crippen molar-refractivity contribution >= 4 is 5.91 Å². The van der Waals surface area contributed by atoms with Crippen LogP contribution in [0.1, 0.15) is 31.2 Å². The second-order valence-corrected chi connectivity index (χ2v) is 6.13. The van der Waals surface area contributed by atoms with Gasteiger partial charge in [0.15, 0.2) is 6.10 Å². The molecular formula is C16H19NO2. The van der Waals surface area contributed by atoms with E-state index >= 15 is 0 Å². The van der Waals surface area contributed by atoms with E-state index in [0.717, 1.165) is 23.1 Å². The van der Waals surface area contributed by atoms with E-state index in [0.29, 0.717) is 12.5 Å². The summed E-state index contributed by atoms with van der Waals surface area (Å²) < 4.78 is 5.76. The van der Waals surface area contributed by atoms with Crippen molar-refractivity contribution in [2.45, 2.75) is 44.2 Å². The van der Waals surface area contributed by atoms with Crippen LogP contribution in [-0.2, 0) is 11.2 Å². The maximum atomic E-state index is 12.4. The predicted molar refractivity (Wildman–Crippen MR) is 71.9 cm³/mol. The second-order valence-electron chi connectivity index (χ2n) is 6.13. The summed E-state index contributed by atoms with van der Waals surface area (Å²) in [5, 5.41) is 3.25. The standard InChI is InChI=1S/C16H19NO2/c18-16(17-15(10-5-6-10)11-7-8-11)14-9-12-3-1-2-4-13(12)19-14/h1-4,10-11,14-15H,5-9H2,(H,17,18)/t14-/m1/s1. The Balaban J connectivity index is 1.41. The summed E-state index contributed by atoms with van der Waals surface area (Å²) in [6, 6.07) is 8.36. The number of nitrogens with one attached hydrogen (secondary N) is 1. The summed E-state index contributed by atoms with van der Waals surface area (Å²) in [6.07, 6.45) is 5.53. The molecule has 1 heterocycles. The summed E-state index contributed by atoms with van der Waals surface area (Å²) in [6.45, 7) is 0. The van der Waals surface area contributed by atoms with Crippen LogP contribution >= 0.6 is 0 Å². The molecule has 0 unspecified atom stereocenters. The number of fused-ring (bicyclic) bond motifs is 1. The van der Waals surface area contributed by atoms with Crippen LogP contribution in [0.5, 0.6) is 5.75 Å². The molecule has 3 nitrogen and oxygen atoms in total. The molecule has 100 valence electrons. The van der Waals surface area contributed by atoms with Gasteiger partial charge in [-0.2, -0.15) is 0 Å². The fourth-order valence-corrected chi connectivity index (χ4v) is 3.12. The van der Waals surface area contributed by atoms with E-state index in [2.05, 4.69) is 5.32 Å². The number of ether oxygens (including phenoxy) is 1. The normalized spacial score (nSPS) is 25.0. The van der Waals surface area contributed by atoms with E-state index in [4.69, 9.17) is 4.74 Å². The van der Waals surface area contributed by atoms with Gasteiger partial charge in [-0.3, -0.25) is 4.79 Å². The Labute approximate surface area is 113 Å². The van der Waals surface area contributed by atoms with Gasteiger partial charge in [0, 0.05) is 12.5 Å². The van der Waals surface area contributed by atoms with E-state index in [1.807, 2.05) is 24.3 Å². The summed E-state index contributed by atoms with van der Waals surface area (Å²) in [5.74, 6) is 2.43. The molecule has 4 rings (SSSR count). The quantitative estimate of drug-likeness (QED) is 0.898. The number of para-hydroxylation sites is 1. The topological polar surface area (TPSA) is 38.3 Å². The number of benzene rings is 1. The largest absolute Gasteiger partial charge is 0.480 e. The Morgan fingerprint density at radius 1 is 1.16 bits per heavy atom. The SMILES string of the molecule is O=C(NC(C1CC1)C1CC1)[C@H]1Cc2ccccc2O1. The van der Waals surface area contributed by atoms with Crippen LogP contribution in [-0.4, -0.2) is 18.1 Å². The molecule has 19 heavy (non-hydrogen) atoms. The van der Waals surface area contributed by atoms with Crippen LogP contribution in [0.3, 0.4) is 0 Å². The van der Waals surface area contributed by atoms with Gasteiger partial charge in [-0.1, -0.05) is 18.2 Å². The zero-order valence-corrected chi connectivity index (χ0v) is 11.0. The van der Waals surface area contributed by atoms with Gasteiger partial charge >= 0.3 is 0 Å². The molecule has 3 heteroatoms. The van der Waals surface area contributed by atoms with E-state index in [-0.39, 0.29) is 12.0 Å². The van der Waals surface area contributed by atoms with E-state index in [9.17, 15) is 4.79 Å². The third-order valence-electron chi connectivity index (χ3n) is 4.51. The average molecular weight is 257 g/mol. The van der Waals surface area contributed by atoms with Gasteiger partial charge in [-0.25, -0.2) is 0 Å². The monoisotopic (exact) mass is 257 g/mol. The van der Waals surface area contributed by atoms with Crippen molar-refractivity contribution in [1.82, 2.24) is 5.32 Å². The van der Waals surface area contributed by atoms with Crippen molar-refractivity contribution in [3.63, 3.8) is 0 Å². The lowest BCUT2D eigenvalue weighted by atomic mass is 10.1. The zero-order valence-electron chi connectivity index (χ0n) is 11.0. The van der Waals surface area contributed by atoms with Gasteiger partial charge in [-0.15, -0.1) is 0 Å². The molecule has 1 aromatic rings. The van der Waals surface area contributed by atoms with Crippen LogP contribution in [0.15, 0.2) is 24.3 Å². The number of hydrogen-bond acceptors (Lipinski definition) is 2. The molecule has 2 saturated carbocycles. The zero-order chi connectivity index (χ0) is 12.8. The molecule has 1 N–H and O–H groups in total. The highest BCUT2D eigenvalue weighted by Crippen LogP contribution is 2.44. The van der Waals surface area contributed by atoms with E-state index < -0.39 is 0 Å². The van der Waals surface area contributed by atoms with Gasteiger partial charge in [0.2, 0.25) is 0 Å². The van der Waals surface area contributed by atoms with E-state index in [1.165, 1.54) is 25.7 Å². The third-order valence-corrected chi connectivity index (χ3v) is 4.51. The molecule has 1 amide bonds. The number of carbonyl (C=O) groups excluding carboxylic acids is 1. The minimum Gasteiger partial charge on any atom is -0.480 e. The highest BCUT2D eigenvalue weighted by Gasteiger charge is 2.43. The molecule has 1 aliphatic heterocycles. The van der Waals surface area contributed by atoms with Crippen molar-refractivity contribution in [3.8, 4) is 5.75 Å². The molecule has 0 spiro atoms. The first kappa shape index (κ1) is 11.3. The average Bonchev–Trinajstić information content (AvgIpc) is 3.32. The molecular weight excluding hydrogens is 238 g/mol. The number of rotatable bonds is 4. The lowest BCUT2D eigenvalue weighted by molar-refractivity contribution is -0.128. The molecule has 0 saturated heterocycles. The lowest BCUT2D eigenvalue weighted by Crippen LogP contribution is -2.45. The fraction of sp³-hybridized carbons (Fsp3) is 0.562. The first-order valence-electron chi connectivity index (χ1n) is 7.36. The van der Waals surface area contributed by atoms with Crippen molar-refractivity contribution in [2.24, 2.45) is 11.8 Å². The number of amides is 1. The van der Waals surface area contributed by atoms with Crippen LogP contribution in [0.25, 0.3) is 0 Å².